The minimum absolute atomic E-state index is 0.109. The summed E-state index contributed by atoms with van der Waals surface area (Å²) >= 11 is 0. The number of pyridine rings is 1. The molecule has 0 unspecified atom stereocenters. The topological polar surface area (TPSA) is 93.3 Å². The van der Waals surface area contributed by atoms with Crippen molar-refractivity contribution in [3.63, 3.8) is 0 Å². The maximum atomic E-state index is 12.7. The monoisotopic (exact) mass is 393 g/mol. The Labute approximate surface area is 168 Å². The molecule has 1 aliphatic rings. The van der Waals surface area contributed by atoms with Crippen molar-refractivity contribution in [2.45, 2.75) is 26.7 Å². The average Bonchev–Trinajstić information content (AvgIpc) is 3.38. The fourth-order valence-corrected chi connectivity index (χ4v) is 3.62. The maximum absolute atomic E-state index is 12.7. The zero-order chi connectivity index (χ0) is 20.4. The van der Waals surface area contributed by atoms with Crippen molar-refractivity contribution in [2.75, 3.05) is 18.4 Å². The lowest BCUT2D eigenvalue weighted by molar-refractivity contribution is -0.121. The summed E-state index contributed by atoms with van der Waals surface area (Å²) in [5, 5.41) is 7.32. The second-order valence-corrected chi connectivity index (χ2v) is 7.30. The Kier molecular flexibility index (Phi) is 5.16. The van der Waals surface area contributed by atoms with Gasteiger partial charge in [0.2, 0.25) is 5.91 Å². The summed E-state index contributed by atoms with van der Waals surface area (Å²) in [7, 11) is 0. The molecule has 8 heteroatoms. The molecule has 2 amide bonds. The zero-order valence-corrected chi connectivity index (χ0v) is 16.5. The molecule has 3 aromatic rings. The van der Waals surface area contributed by atoms with Gasteiger partial charge in [-0.1, -0.05) is 0 Å². The number of likely N-dealkylation sites (tertiary alicyclic amines) is 1. The van der Waals surface area contributed by atoms with E-state index >= 15 is 0 Å². The lowest BCUT2D eigenvalue weighted by atomic mass is 9.97. The van der Waals surface area contributed by atoms with E-state index in [1.165, 1.54) is 6.26 Å². The Morgan fingerprint density at radius 3 is 2.76 bits per heavy atom. The van der Waals surface area contributed by atoms with Gasteiger partial charge in [-0.05, 0) is 57.0 Å². The smallest absolute Gasteiger partial charge is 0.289 e. The van der Waals surface area contributed by atoms with E-state index in [0.717, 1.165) is 24.2 Å². The Morgan fingerprint density at radius 2 is 2.10 bits per heavy atom. The number of hydrogen-bond donors (Lipinski definition) is 1. The van der Waals surface area contributed by atoms with E-state index in [2.05, 4.69) is 15.4 Å². The van der Waals surface area contributed by atoms with Crippen LogP contribution in [0.1, 0.15) is 34.8 Å². The quantitative estimate of drug-likeness (QED) is 0.736. The van der Waals surface area contributed by atoms with Gasteiger partial charge in [0.1, 0.15) is 0 Å². The summed E-state index contributed by atoms with van der Waals surface area (Å²) in [6, 6.07) is 8.94. The molecule has 0 bridgehead atoms. The van der Waals surface area contributed by atoms with E-state index in [4.69, 9.17) is 4.42 Å². The van der Waals surface area contributed by atoms with E-state index in [1.807, 2.05) is 32.0 Å². The number of furan rings is 1. The highest BCUT2D eigenvalue weighted by Gasteiger charge is 2.30. The number of rotatable bonds is 4. The number of carbonyl (C=O) groups excluding carboxylic acids is 2. The fourth-order valence-electron chi connectivity index (χ4n) is 3.62. The lowest BCUT2D eigenvalue weighted by Gasteiger charge is -2.31. The molecule has 29 heavy (non-hydrogen) atoms. The maximum Gasteiger partial charge on any atom is 0.289 e. The molecule has 1 saturated heterocycles. The van der Waals surface area contributed by atoms with Gasteiger partial charge < -0.3 is 14.6 Å². The highest BCUT2D eigenvalue weighted by Crippen LogP contribution is 2.21. The number of aromatic nitrogens is 3. The van der Waals surface area contributed by atoms with Gasteiger partial charge in [-0.15, -0.1) is 0 Å². The molecule has 4 rings (SSSR count). The normalized spacial score (nSPS) is 16.6. The van der Waals surface area contributed by atoms with Crippen LogP contribution in [0.4, 0.5) is 5.69 Å². The van der Waals surface area contributed by atoms with E-state index < -0.39 is 0 Å². The lowest BCUT2D eigenvalue weighted by Crippen LogP contribution is -2.43. The zero-order valence-electron chi connectivity index (χ0n) is 16.5. The van der Waals surface area contributed by atoms with Gasteiger partial charge in [-0.2, -0.15) is 5.10 Å². The fraction of sp³-hybridized carbons (Fsp3) is 0.333. The summed E-state index contributed by atoms with van der Waals surface area (Å²) < 4.78 is 6.95. The van der Waals surface area contributed by atoms with Crippen molar-refractivity contribution >= 4 is 17.5 Å². The van der Waals surface area contributed by atoms with E-state index in [9.17, 15) is 9.59 Å². The number of piperidine rings is 1. The number of amides is 2. The van der Waals surface area contributed by atoms with Gasteiger partial charge in [-0.3, -0.25) is 9.59 Å². The van der Waals surface area contributed by atoms with Crippen molar-refractivity contribution in [1.29, 1.82) is 0 Å². The molecule has 8 nitrogen and oxygen atoms in total. The molecule has 1 N–H and O–H groups in total. The minimum atomic E-state index is -0.265. The van der Waals surface area contributed by atoms with Crippen LogP contribution >= 0.6 is 0 Å². The Balaban J connectivity index is 1.40. The van der Waals surface area contributed by atoms with Gasteiger partial charge in [0, 0.05) is 18.8 Å². The standard InChI is InChI=1S/C21H23N5O3/c1-14-11-15(2)26(24-14)19-8-7-17(12-22-19)23-20(27)16-5-3-9-25(13-16)21(28)18-6-4-10-29-18/h4,6-8,10-12,16H,3,5,9,13H2,1-2H3,(H,23,27)/t16-/m1/s1. The van der Waals surface area contributed by atoms with Crippen molar-refractivity contribution in [3.8, 4) is 5.82 Å². The van der Waals surface area contributed by atoms with Crippen LogP contribution in [-0.4, -0.2) is 44.6 Å². The Bertz CT molecular complexity index is 1010. The van der Waals surface area contributed by atoms with Crippen LogP contribution in [0.5, 0.6) is 0 Å². The van der Waals surface area contributed by atoms with Crippen molar-refractivity contribution in [2.24, 2.45) is 5.92 Å². The minimum Gasteiger partial charge on any atom is -0.459 e. The van der Waals surface area contributed by atoms with Gasteiger partial charge in [0.05, 0.1) is 29.8 Å². The molecule has 3 aromatic heterocycles. The van der Waals surface area contributed by atoms with Crippen LogP contribution < -0.4 is 5.32 Å². The van der Waals surface area contributed by atoms with Gasteiger partial charge in [0.15, 0.2) is 11.6 Å². The highest BCUT2D eigenvalue weighted by atomic mass is 16.3. The average molecular weight is 393 g/mol. The number of hydrogen-bond acceptors (Lipinski definition) is 5. The second kappa shape index (κ2) is 7.90. The molecule has 1 aliphatic heterocycles. The van der Waals surface area contributed by atoms with Crippen molar-refractivity contribution < 1.29 is 14.0 Å². The predicted molar refractivity (Wildman–Crippen MR) is 107 cm³/mol. The second-order valence-electron chi connectivity index (χ2n) is 7.30. The Hall–Kier alpha value is -3.42. The number of anilines is 1. The van der Waals surface area contributed by atoms with E-state index in [0.29, 0.717) is 30.4 Å². The van der Waals surface area contributed by atoms with Gasteiger partial charge >= 0.3 is 0 Å². The molecular weight excluding hydrogens is 370 g/mol. The van der Waals surface area contributed by atoms with Crippen molar-refractivity contribution in [1.82, 2.24) is 19.7 Å². The third-order valence-electron chi connectivity index (χ3n) is 5.05. The Morgan fingerprint density at radius 1 is 1.24 bits per heavy atom. The van der Waals surface area contributed by atoms with Crippen LogP contribution in [0.25, 0.3) is 5.82 Å². The number of nitrogens with zero attached hydrogens (tertiary/aromatic N) is 4. The highest BCUT2D eigenvalue weighted by molar-refractivity contribution is 5.94. The molecule has 0 aromatic carbocycles. The molecular formula is C21H23N5O3. The van der Waals surface area contributed by atoms with Gasteiger partial charge in [-0.25, -0.2) is 9.67 Å². The van der Waals surface area contributed by atoms with E-state index in [1.54, 1.807) is 27.9 Å². The predicted octanol–water partition coefficient (Wildman–Crippen LogP) is 2.97. The summed E-state index contributed by atoms with van der Waals surface area (Å²) in [4.78, 5) is 31.3. The summed E-state index contributed by atoms with van der Waals surface area (Å²) in [5.74, 6) is 0.445. The summed E-state index contributed by atoms with van der Waals surface area (Å²) in [5.41, 5.74) is 2.54. The molecule has 1 atom stereocenters. The largest absolute Gasteiger partial charge is 0.459 e. The third kappa shape index (κ3) is 4.06. The molecule has 0 saturated carbocycles. The molecule has 4 heterocycles. The molecule has 1 fully saturated rings. The SMILES string of the molecule is Cc1cc(C)n(-c2ccc(NC(=O)[C@@H]3CCCN(C(=O)c4ccco4)C3)cn2)n1. The van der Waals surface area contributed by atoms with Gasteiger partial charge in [0.25, 0.3) is 5.91 Å². The number of carbonyl (C=O) groups is 2. The molecule has 150 valence electrons. The van der Waals surface area contributed by atoms with Crippen LogP contribution in [-0.2, 0) is 4.79 Å². The summed E-state index contributed by atoms with van der Waals surface area (Å²) in [6.45, 7) is 4.91. The van der Waals surface area contributed by atoms with Crippen molar-refractivity contribution in [3.05, 3.63) is 59.9 Å². The third-order valence-corrected chi connectivity index (χ3v) is 5.05. The first-order chi connectivity index (χ1) is 14.0. The molecule has 0 spiro atoms. The van der Waals surface area contributed by atoms with Crippen LogP contribution in [0.3, 0.4) is 0 Å². The van der Waals surface area contributed by atoms with Crippen LogP contribution in [0.15, 0.2) is 47.2 Å². The first-order valence-corrected chi connectivity index (χ1v) is 9.64. The van der Waals surface area contributed by atoms with Crippen LogP contribution in [0.2, 0.25) is 0 Å². The number of aryl methyl sites for hydroxylation is 2. The molecule has 0 radical (unpaired) electrons. The van der Waals surface area contributed by atoms with Crippen LogP contribution in [0, 0.1) is 19.8 Å². The van der Waals surface area contributed by atoms with E-state index in [-0.39, 0.29) is 17.7 Å². The number of nitrogens with one attached hydrogen (secondary N) is 1. The molecule has 0 aliphatic carbocycles. The summed E-state index contributed by atoms with van der Waals surface area (Å²) in [6.07, 6.45) is 4.62. The first kappa shape index (κ1) is 18.9. The first-order valence-electron chi connectivity index (χ1n) is 9.64.